The number of hydrogen-bond donors (Lipinski definition) is 8. The molecule has 0 aliphatic rings. The Morgan fingerprint density at radius 1 is 0.554 bits per heavy atom. The molecule has 4 rings (SSSR count). The van der Waals surface area contributed by atoms with Gasteiger partial charge in [0.05, 0.1) is 5.56 Å². The second kappa shape index (κ2) is 17.7. The van der Waals surface area contributed by atoms with Crippen LogP contribution >= 0.6 is 15.2 Å². The van der Waals surface area contributed by atoms with Crippen LogP contribution in [0, 0.1) is 0 Å². The molecule has 56 heavy (non-hydrogen) atoms. The van der Waals surface area contributed by atoms with Crippen molar-refractivity contribution in [1.29, 1.82) is 0 Å². The molecular weight excluding hydrogens is 788 g/mol. The first-order valence-electron chi connectivity index (χ1n) is 16.5. The number of rotatable bonds is 17. The average molecular weight is 824 g/mol. The highest BCUT2D eigenvalue weighted by atomic mass is 31.2. The molecule has 0 bridgehead atoms. The molecule has 0 aliphatic carbocycles. The van der Waals surface area contributed by atoms with E-state index >= 15 is 0 Å². The van der Waals surface area contributed by atoms with E-state index in [9.17, 15) is 45.9 Å². The third kappa shape index (κ3) is 11.4. The molecule has 0 aliphatic heterocycles. The normalized spacial score (nSPS) is 12.1. The summed E-state index contributed by atoms with van der Waals surface area (Å²) in [5.41, 5.74) is -8.80. The van der Waals surface area contributed by atoms with E-state index in [1.165, 1.54) is 54.6 Å². The molecule has 20 heteroatoms. The third-order valence-electron chi connectivity index (χ3n) is 8.28. The lowest BCUT2D eigenvalue weighted by molar-refractivity contribution is -0.116. The van der Waals surface area contributed by atoms with Gasteiger partial charge in [-0.3, -0.25) is 23.5 Å². The number of carboxylic acids is 1. The van der Waals surface area contributed by atoms with Crippen molar-refractivity contribution >= 4 is 50.3 Å². The summed E-state index contributed by atoms with van der Waals surface area (Å²) in [6.45, 7) is 0.126. The first-order valence-corrected chi connectivity index (χ1v) is 19.7. The van der Waals surface area contributed by atoms with E-state index in [-0.39, 0.29) is 54.7 Å². The summed E-state index contributed by atoms with van der Waals surface area (Å²) in [6, 6.07) is 18.2. The number of carbonyl (C=O) groups excluding carboxylic acids is 3. The molecule has 0 radical (unpaired) electrons. The maximum absolute atomic E-state index is 14.0. The van der Waals surface area contributed by atoms with Gasteiger partial charge in [-0.2, -0.15) is 17.6 Å². The molecule has 0 spiro atoms. The van der Waals surface area contributed by atoms with E-state index < -0.39 is 61.3 Å². The number of benzene rings is 4. The summed E-state index contributed by atoms with van der Waals surface area (Å²) in [4.78, 5) is 85.9. The molecule has 0 atom stereocenters. The van der Waals surface area contributed by atoms with Gasteiger partial charge in [0, 0.05) is 47.5 Å². The zero-order chi connectivity index (χ0) is 41.5. The summed E-state index contributed by atoms with van der Waals surface area (Å²) in [5.74, 6) is -2.86. The summed E-state index contributed by atoms with van der Waals surface area (Å²) >= 11 is 0. The van der Waals surface area contributed by atoms with Gasteiger partial charge in [-0.05, 0) is 66.3 Å². The number of carbonyl (C=O) groups is 4. The first-order chi connectivity index (χ1) is 26.1. The topological polar surface area (TPSA) is 240 Å². The maximum atomic E-state index is 14.0. The molecule has 298 valence electrons. The molecule has 8 N–H and O–H groups in total. The van der Waals surface area contributed by atoms with Crippen molar-refractivity contribution in [1.82, 2.24) is 5.32 Å². The Kier molecular flexibility index (Phi) is 13.8. The number of alkyl halides is 4. The van der Waals surface area contributed by atoms with Gasteiger partial charge in [0.15, 0.2) is 0 Å². The first kappa shape index (κ1) is 43.5. The lowest BCUT2D eigenvalue weighted by Crippen LogP contribution is -2.26. The van der Waals surface area contributed by atoms with Gasteiger partial charge < -0.3 is 40.6 Å². The molecule has 0 unspecified atom stereocenters. The fourth-order valence-corrected chi connectivity index (χ4v) is 6.15. The highest BCUT2D eigenvalue weighted by Crippen LogP contribution is 2.60. The predicted octanol–water partition coefficient (Wildman–Crippen LogP) is 5.95. The smallest absolute Gasteiger partial charge is 0.399 e. The van der Waals surface area contributed by atoms with E-state index in [4.69, 9.17) is 24.7 Å². The Balaban J connectivity index is 1.44. The fourth-order valence-electron chi connectivity index (χ4n) is 5.18. The van der Waals surface area contributed by atoms with Crippen molar-refractivity contribution in [2.45, 2.75) is 43.4 Å². The Morgan fingerprint density at radius 3 is 1.30 bits per heavy atom. The Morgan fingerprint density at radius 2 is 0.929 bits per heavy atom. The summed E-state index contributed by atoms with van der Waals surface area (Å²) < 4.78 is 78.3. The summed E-state index contributed by atoms with van der Waals surface area (Å²) in [5, 5.41) is 17.0. The molecule has 4 aromatic rings. The summed E-state index contributed by atoms with van der Waals surface area (Å²) in [7, 11) is -11.5. The molecule has 0 heterocycles. The molecular formula is C36H35F4N3O11P2. The van der Waals surface area contributed by atoms with E-state index in [2.05, 4.69) is 16.0 Å². The van der Waals surface area contributed by atoms with Gasteiger partial charge in [-0.15, -0.1) is 0 Å². The minimum absolute atomic E-state index is 0.0162. The molecule has 0 fully saturated rings. The van der Waals surface area contributed by atoms with Gasteiger partial charge in [-0.25, -0.2) is 4.79 Å². The molecule has 0 aromatic heterocycles. The number of carboxylic acid groups (broad SMARTS) is 1. The van der Waals surface area contributed by atoms with Crippen molar-refractivity contribution < 1.29 is 70.6 Å². The van der Waals surface area contributed by atoms with Crippen LogP contribution in [0.1, 0.15) is 61.4 Å². The lowest BCUT2D eigenvalue weighted by atomic mass is 10.1. The van der Waals surface area contributed by atoms with Gasteiger partial charge in [0.1, 0.15) is 0 Å². The van der Waals surface area contributed by atoms with Crippen LogP contribution in [0.4, 0.5) is 28.9 Å². The summed E-state index contributed by atoms with van der Waals surface area (Å²) in [6.07, 6.45) is 0.0187. The van der Waals surface area contributed by atoms with Gasteiger partial charge >= 0.3 is 32.5 Å². The second-order valence-corrected chi connectivity index (χ2v) is 15.8. The van der Waals surface area contributed by atoms with Crippen LogP contribution in [0.2, 0.25) is 0 Å². The van der Waals surface area contributed by atoms with Crippen molar-refractivity contribution in [3.8, 4) is 0 Å². The number of aromatic carboxylic acids is 1. The van der Waals surface area contributed by atoms with Crippen LogP contribution < -0.4 is 16.0 Å². The monoisotopic (exact) mass is 823 g/mol. The van der Waals surface area contributed by atoms with Crippen molar-refractivity contribution in [3.63, 3.8) is 0 Å². The quantitative estimate of drug-likeness (QED) is 0.0457. The van der Waals surface area contributed by atoms with Crippen LogP contribution in [0.3, 0.4) is 0 Å². The molecule has 0 saturated carbocycles. The zero-order valence-corrected chi connectivity index (χ0v) is 30.8. The van der Waals surface area contributed by atoms with Gasteiger partial charge in [0.2, 0.25) is 11.8 Å². The molecule has 0 saturated heterocycles. The van der Waals surface area contributed by atoms with Crippen LogP contribution in [0.5, 0.6) is 0 Å². The predicted molar refractivity (Wildman–Crippen MR) is 195 cm³/mol. The fraction of sp³-hybridized carbons (Fsp3) is 0.222. The van der Waals surface area contributed by atoms with E-state index in [0.717, 1.165) is 29.8 Å². The highest BCUT2D eigenvalue weighted by Gasteiger charge is 2.51. The lowest BCUT2D eigenvalue weighted by Gasteiger charge is -2.18. The number of amides is 3. The number of aryl methyl sites for hydroxylation is 2. The average Bonchev–Trinajstić information content (AvgIpc) is 3.12. The minimum atomic E-state index is -5.77. The van der Waals surface area contributed by atoms with E-state index in [1.54, 1.807) is 12.1 Å². The maximum Gasteiger partial charge on any atom is 0.399 e. The minimum Gasteiger partial charge on any atom is -0.478 e. The van der Waals surface area contributed by atoms with E-state index in [1.807, 2.05) is 0 Å². The van der Waals surface area contributed by atoms with Crippen molar-refractivity contribution in [2.24, 2.45) is 0 Å². The highest BCUT2D eigenvalue weighted by molar-refractivity contribution is 7.52. The Hall–Kier alpha value is -5.22. The second-order valence-electron chi connectivity index (χ2n) is 12.5. The number of hydrogen-bond acceptors (Lipinski definition) is 6. The zero-order valence-electron chi connectivity index (χ0n) is 29.0. The molecule has 4 aromatic carbocycles. The van der Waals surface area contributed by atoms with Crippen molar-refractivity contribution in [3.05, 3.63) is 130 Å². The number of halogens is 4. The molecule has 3 amide bonds. The van der Waals surface area contributed by atoms with E-state index in [0.29, 0.717) is 17.5 Å². The third-order valence-corrected chi connectivity index (χ3v) is 10.3. The van der Waals surface area contributed by atoms with Crippen LogP contribution in [0.25, 0.3) is 0 Å². The van der Waals surface area contributed by atoms with Gasteiger partial charge in [0.25, 0.3) is 5.91 Å². The standard InChI is InChI=1S/C36H35F4N3O11P2/c37-35(38,55(49,50)51)27-11-3-22(4-12-27)7-15-31(44)42-29-19-26(33(46)41-18-17-24-1-9-25(10-2-24)34(47)48)20-30(21-29)43-32(45)16-8-23-5-13-28(14-6-23)36(39,40)56(52,53)54/h1-6,9-14,19-21H,7-8,15-18H2,(H,41,46)(H,42,44)(H,43,45)(H,47,48)(H2,49,50,51)(H2,52,53,54). The Labute approximate surface area is 316 Å². The Bertz CT molecular complexity index is 2060. The van der Waals surface area contributed by atoms with Crippen LogP contribution in [-0.4, -0.2) is 54.9 Å². The van der Waals surface area contributed by atoms with Crippen LogP contribution in [0.15, 0.2) is 91.0 Å². The van der Waals surface area contributed by atoms with Gasteiger partial charge in [-0.1, -0.05) is 60.7 Å². The van der Waals surface area contributed by atoms with Crippen LogP contribution in [-0.2, 0) is 49.3 Å². The molecule has 14 nitrogen and oxygen atoms in total. The van der Waals surface area contributed by atoms with Crippen molar-refractivity contribution in [2.75, 3.05) is 17.2 Å². The number of anilines is 2. The largest absolute Gasteiger partial charge is 0.478 e. The SMILES string of the molecule is O=C(CCc1ccc(C(F)(F)P(=O)(O)O)cc1)Nc1cc(NC(=O)CCc2ccc(C(F)(F)P(=O)(O)O)cc2)cc(C(=O)NCCc2ccc(C(=O)O)cc2)c1. The number of nitrogens with one attached hydrogen (secondary N) is 3.